The third-order valence-corrected chi connectivity index (χ3v) is 5.57. The summed E-state index contributed by atoms with van der Waals surface area (Å²) in [5.74, 6) is 2.59. The highest BCUT2D eigenvalue weighted by molar-refractivity contribution is 7.99. The van der Waals surface area contributed by atoms with Crippen molar-refractivity contribution in [3.8, 4) is 0 Å². The highest BCUT2D eigenvalue weighted by Gasteiger charge is 2.21. The molecule has 1 atom stereocenters. The first kappa shape index (κ1) is 13.2. The summed E-state index contributed by atoms with van der Waals surface area (Å²) in [5.41, 5.74) is 1.38. The van der Waals surface area contributed by atoms with Gasteiger partial charge in [0.05, 0.1) is 6.04 Å². The highest BCUT2D eigenvalue weighted by Crippen LogP contribution is 2.28. The van der Waals surface area contributed by atoms with Crippen molar-refractivity contribution in [2.24, 2.45) is 0 Å². The Bertz CT molecular complexity index is 475. The highest BCUT2D eigenvalue weighted by atomic mass is 32.2. The van der Waals surface area contributed by atoms with Crippen LogP contribution in [-0.2, 0) is 0 Å². The van der Waals surface area contributed by atoms with Crippen LogP contribution < -0.4 is 5.32 Å². The molecule has 1 aliphatic heterocycles. The van der Waals surface area contributed by atoms with E-state index >= 15 is 0 Å². The van der Waals surface area contributed by atoms with Crippen LogP contribution in [0.4, 0.5) is 0 Å². The van der Waals surface area contributed by atoms with Crippen molar-refractivity contribution in [1.82, 2.24) is 5.32 Å². The van der Waals surface area contributed by atoms with Crippen LogP contribution in [-0.4, -0.2) is 17.5 Å². The number of nitrogens with one attached hydrogen (secondary N) is 1. The fourth-order valence-corrected chi connectivity index (χ4v) is 4.46. The van der Waals surface area contributed by atoms with Crippen LogP contribution in [0.15, 0.2) is 47.8 Å². The first-order valence-electron chi connectivity index (χ1n) is 6.85. The van der Waals surface area contributed by atoms with Gasteiger partial charge in [0, 0.05) is 10.9 Å². The summed E-state index contributed by atoms with van der Waals surface area (Å²) in [4.78, 5) is 1.42. The summed E-state index contributed by atoms with van der Waals surface area (Å²) < 4.78 is 0. The molecule has 0 radical (unpaired) electrons. The summed E-state index contributed by atoms with van der Waals surface area (Å²) in [5, 5.41) is 6.04. The van der Waals surface area contributed by atoms with Crippen molar-refractivity contribution in [2.75, 3.05) is 11.5 Å². The topological polar surface area (TPSA) is 12.0 Å². The Morgan fingerprint density at radius 1 is 1.00 bits per heavy atom. The molecule has 2 heterocycles. The van der Waals surface area contributed by atoms with E-state index in [9.17, 15) is 0 Å². The van der Waals surface area contributed by atoms with E-state index in [1.807, 2.05) is 11.3 Å². The zero-order chi connectivity index (χ0) is 12.9. The first-order chi connectivity index (χ1) is 9.43. The molecular weight excluding hydrogens is 270 g/mol. The number of thioether (sulfide) groups is 1. The van der Waals surface area contributed by atoms with E-state index < -0.39 is 0 Å². The van der Waals surface area contributed by atoms with Gasteiger partial charge in [-0.3, -0.25) is 0 Å². The van der Waals surface area contributed by atoms with E-state index in [4.69, 9.17) is 0 Å². The molecule has 0 aliphatic carbocycles. The van der Waals surface area contributed by atoms with Gasteiger partial charge in [0.1, 0.15) is 0 Å². The molecule has 1 unspecified atom stereocenters. The van der Waals surface area contributed by atoms with Gasteiger partial charge in [-0.15, -0.1) is 11.3 Å². The largest absolute Gasteiger partial charge is 0.303 e. The van der Waals surface area contributed by atoms with Crippen LogP contribution in [0, 0.1) is 0 Å². The second-order valence-corrected chi connectivity index (χ2v) is 7.12. The molecule has 1 saturated heterocycles. The van der Waals surface area contributed by atoms with Gasteiger partial charge in [-0.1, -0.05) is 36.4 Å². The molecule has 2 aromatic rings. The maximum atomic E-state index is 3.87. The third-order valence-electron chi connectivity index (χ3n) is 3.58. The molecule has 0 saturated carbocycles. The Labute approximate surface area is 123 Å². The molecule has 0 bridgehead atoms. The average Bonchev–Trinajstić information content (AvgIpc) is 3.01. The lowest BCUT2D eigenvalue weighted by Crippen LogP contribution is -2.35. The summed E-state index contributed by atoms with van der Waals surface area (Å²) in [6.45, 7) is 0. The van der Waals surface area contributed by atoms with Gasteiger partial charge in [-0.25, -0.2) is 0 Å². The molecule has 3 rings (SSSR count). The van der Waals surface area contributed by atoms with Crippen LogP contribution in [0.5, 0.6) is 0 Å². The molecule has 3 heteroatoms. The molecule has 0 spiro atoms. The van der Waals surface area contributed by atoms with Crippen molar-refractivity contribution in [3.05, 3.63) is 58.3 Å². The van der Waals surface area contributed by atoms with Gasteiger partial charge in [0.15, 0.2) is 0 Å². The van der Waals surface area contributed by atoms with Crippen molar-refractivity contribution < 1.29 is 0 Å². The fourth-order valence-electron chi connectivity index (χ4n) is 2.54. The number of hydrogen-bond donors (Lipinski definition) is 1. The van der Waals surface area contributed by atoms with E-state index in [1.165, 1.54) is 34.8 Å². The molecule has 1 fully saturated rings. The van der Waals surface area contributed by atoms with Gasteiger partial charge >= 0.3 is 0 Å². The van der Waals surface area contributed by atoms with E-state index in [2.05, 4.69) is 64.9 Å². The lowest BCUT2D eigenvalue weighted by atomic mass is 10.0. The lowest BCUT2D eigenvalue weighted by molar-refractivity contribution is 0.449. The predicted octanol–water partition coefficient (Wildman–Crippen LogP) is 4.32. The molecule has 1 N–H and O–H groups in total. The Hall–Kier alpha value is -0.770. The van der Waals surface area contributed by atoms with Crippen LogP contribution >= 0.6 is 23.1 Å². The minimum Gasteiger partial charge on any atom is -0.303 e. The minimum absolute atomic E-state index is 0.356. The molecule has 1 aliphatic rings. The molecule has 1 nitrogen and oxygen atoms in total. The van der Waals surface area contributed by atoms with E-state index in [0.717, 1.165) is 0 Å². The molecule has 0 amide bonds. The lowest BCUT2D eigenvalue weighted by Gasteiger charge is -2.28. The summed E-state index contributed by atoms with van der Waals surface area (Å²) in [7, 11) is 0. The Kier molecular flexibility index (Phi) is 4.59. The maximum absolute atomic E-state index is 3.87. The Balaban J connectivity index is 1.80. The number of benzene rings is 1. The second-order valence-electron chi connectivity index (χ2n) is 4.91. The van der Waals surface area contributed by atoms with Crippen LogP contribution in [0.25, 0.3) is 0 Å². The predicted molar refractivity (Wildman–Crippen MR) is 86.1 cm³/mol. The van der Waals surface area contributed by atoms with Crippen molar-refractivity contribution in [2.45, 2.75) is 24.9 Å². The standard InChI is InChI=1S/C16H19NS2/c1-2-5-13(6-3-1)16(15-7-4-10-19-15)17-14-8-11-18-12-9-14/h1-7,10,14,16-17H,8-9,11-12H2. The quantitative estimate of drug-likeness (QED) is 0.899. The SMILES string of the molecule is c1ccc(C(NC2CCSCC2)c2cccs2)cc1. The summed E-state index contributed by atoms with van der Waals surface area (Å²) in [6.07, 6.45) is 2.58. The normalized spacial score (nSPS) is 18.3. The van der Waals surface area contributed by atoms with Gasteiger partial charge in [0.2, 0.25) is 0 Å². The van der Waals surface area contributed by atoms with E-state index in [1.54, 1.807) is 0 Å². The van der Waals surface area contributed by atoms with Crippen molar-refractivity contribution in [3.63, 3.8) is 0 Å². The van der Waals surface area contributed by atoms with E-state index in [-0.39, 0.29) is 0 Å². The monoisotopic (exact) mass is 289 g/mol. The smallest absolute Gasteiger partial charge is 0.0673 e. The average molecular weight is 289 g/mol. The van der Waals surface area contributed by atoms with Crippen LogP contribution in [0.2, 0.25) is 0 Å². The van der Waals surface area contributed by atoms with Crippen LogP contribution in [0.1, 0.15) is 29.3 Å². The molecule has 1 aromatic carbocycles. The van der Waals surface area contributed by atoms with Crippen LogP contribution in [0.3, 0.4) is 0 Å². The zero-order valence-corrected chi connectivity index (χ0v) is 12.6. The Morgan fingerprint density at radius 2 is 1.79 bits per heavy atom. The maximum Gasteiger partial charge on any atom is 0.0673 e. The number of thiophene rings is 1. The minimum atomic E-state index is 0.356. The van der Waals surface area contributed by atoms with Crippen molar-refractivity contribution >= 4 is 23.1 Å². The van der Waals surface area contributed by atoms with Gasteiger partial charge in [-0.2, -0.15) is 11.8 Å². The van der Waals surface area contributed by atoms with Gasteiger partial charge < -0.3 is 5.32 Å². The first-order valence-corrected chi connectivity index (χ1v) is 8.89. The number of rotatable bonds is 4. The van der Waals surface area contributed by atoms with E-state index in [0.29, 0.717) is 12.1 Å². The van der Waals surface area contributed by atoms with Crippen molar-refractivity contribution in [1.29, 1.82) is 0 Å². The third kappa shape index (κ3) is 3.41. The zero-order valence-electron chi connectivity index (χ0n) is 10.9. The molecule has 100 valence electrons. The van der Waals surface area contributed by atoms with Gasteiger partial charge in [0.25, 0.3) is 0 Å². The second kappa shape index (κ2) is 6.60. The summed E-state index contributed by atoms with van der Waals surface area (Å²) in [6, 6.07) is 16.2. The number of hydrogen-bond acceptors (Lipinski definition) is 3. The fraction of sp³-hybridized carbons (Fsp3) is 0.375. The molecule has 1 aromatic heterocycles. The summed E-state index contributed by atoms with van der Waals surface area (Å²) >= 11 is 3.93. The van der Waals surface area contributed by atoms with Gasteiger partial charge in [-0.05, 0) is 41.4 Å². The molecule has 19 heavy (non-hydrogen) atoms. The molecular formula is C16H19NS2. The Morgan fingerprint density at radius 3 is 2.47 bits per heavy atom.